The Hall–Kier alpha value is -1.36. The van der Waals surface area contributed by atoms with Gasteiger partial charge in [-0.2, -0.15) is 0 Å². The van der Waals surface area contributed by atoms with Gasteiger partial charge in [-0.05, 0) is 40.2 Å². The van der Waals surface area contributed by atoms with E-state index in [9.17, 15) is 4.79 Å². The van der Waals surface area contributed by atoms with Crippen LogP contribution in [0, 0.1) is 0 Å². The van der Waals surface area contributed by atoms with Crippen LogP contribution in [0.4, 0.5) is 5.69 Å². The van der Waals surface area contributed by atoms with E-state index in [1.165, 1.54) is 0 Å². The molecule has 0 heterocycles. The Morgan fingerprint density at radius 3 is 2.71 bits per heavy atom. The van der Waals surface area contributed by atoms with Crippen LogP contribution in [0.3, 0.4) is 0 Å². The normalized spacial score (nSPS) is 12.0. The maximum absolute atomic E-state index is 12.1. The van der Waals surface area contributed by atoms with E-state index < -0.39 is 0 Å². The van der Waals surface area contributed by atoms with Crippen molar-refractivity contribution >= 4 is 39.1 Å². The molecule has 2 N–H and O–H groups in total. The number of anilines is 1. The zero-order valence-electron chi connectivity index (χ0n) is 11.7. The van der Waals surface area contributed by atoms with Crippen molar-refractivity contribution in [2.45, 2.75) is 6.54 Å². The lowest BCUT2D eigenvalue weighted by atomic mass is 10.2. The standard InChI is InChI=1S/C16H16BrClN2O/c1-20(10-12-5-4-6-13(18)9-12)11-16(21)19-15-8-3-2-7-14(15)17/h2-9H,10-11H2,1H3,(H,19,21)/p+1. The van der Waals surface area contributed by atoms with Gasteiger partial charge in [0.2, 0.25) is 0 Å². The number of hydrogen-bond acceptors (Lipinski definition) is 1. The number of benzene rings is 2. The van der Waals surface area contributed by atoms with Gasteiger partial charge in [0.05, 0.1) is 12.7 Å². The first-order valence-corrected chi connectivity index (χ1v) is 7.82. The molecule has 0 aromatic heterocycles. The SMILES string of the molecule is C[NH+](CC(=O)Nc1ccccc1Br)Cc1cccc(Cl)c1. The van der Waals surface area contributed by atoms with Gasteiger partial charge >= 0.3 is 0 Å². The summed E-state index contributed by atoms with van der Waals surface area (Å²) in [6, 6.07) is 15.3. The summed E-state index contributed by atoms with van der Waals surface area (Å²) >= 11 is 9.38. The average Bonchev–Trinajstić information content (AvgIpc) is 2.41. The fourth-order valence-electron chi connectivity index (χ4n) is 2.09. The van der Waals surface area contributed by atoms with Crippen molar-refractivity contribution in [2.75, 3.05) is 18.9 Å². The molecule has 0 aliphatic carbocycles. The van der Waals surface area contributed by atoms with E-state index in [0.29, 0.717) is 6.54 Å². The summed E-state index contributed by atoms with van der Waals surface area (Å²) in [7, 11) is 1.99. The Morgan fingerprint density at radius 1 is 1.24 bits per heavy atom. The summed E-state index contributed by atoms with van der Waals surface area (Å²) in [6.45, 7) is 1.15. The molecule has 0 fully saturated rings. The van der Waals surface area contributed by atoms with Crippen molar-refractivity contribution in [3.05, 3.63) is 63.6 Å². The van der Waals surface area contributed by atoms with Gasteiger partial charge in [-0.15, -0.1) is 0 Å². The molecule has 21 heavy (non-hydrogen) atoms. The molecule has 0 spiro atoms. The second kappa shape index (κ2) is 7.59. The van der Waals surface area contributed by atoms with E-state index in [1.54, 1.807) is 0 Å². The zero-order valence-corrected chi connectivity index (χ0v) is 14.0. The molecule has 1 atom stereocenters. The predicted octanol–water partition coefficient (Wildman–Crippen LogP) is 2.76. The molecule has 0 aliphatic rings. The fraction of sp³-hybridized carbons (Fsp3) is 0.188. The highest BCUT2D eigenvalue weighted by molar-refractivity contribution is 9.10. The highest BCUT2D eigenvalue weighted by Crippen LogP contribution is 2.20. The Labute approximate surface area is 138 Å². The number of halogens is 2. The van der Waals surface area contributed by atoms with Crippen LogP contribution in [-0.4, -0.2) is 19.5 Å². The van der Waals surface area contributed by atoms with Gasteiger partial charge in [0, 0.05) is 15.1 Å². The summed E-state index contributed by atoms with van der Waals surface area (Å²) in [5, 5.41) is 3.63. The van der Waals surface area contributed by atoms with Crippen LogP contribution in [0.1, 0.15) is 5.56 Å². The fourth-order valence-corrected chi connectivity index (χ4v) is 2.69. The lowest BCUT2D eigenvalue weighted by Crippen LogP contribution is -3.08. The van der Waals surface area contributed by atoms with Gasteiger partial charge in [0.15, 0.2) is 6.54 Å². The molecule has 110 valence electrons. The van der Waals surface area contributed by atoms with Crippen molar-refractivity contribution in [1.29, 1.82) is 0 Å². The van der Waals surface area contributed by atoms with Gasteiger partial charge < -0.3 is 10.2 Å². The Bertz CT molecular complexity index is 633. The Kier molecular flexibility index (Phi) is 5.79. The highest BCUT2D eigenvalue weighted by Gasteiger charge is 2.12. The number of quaternary nitrogens is 1. The van der Waals surface area contributed by atoms with Gasteiger partial charge in [-0.3, -0.25) is 4.79 Å². The molecule has 2 aromatic carbocycles. The molecule has 0 saturated carbocycles. The smallest absolute Gasteiger partial charge is 0.279 e. The summed E-state index contributed by atoms with van der Waals surface area (Å²) < 4.78 is 0.880. The number of amides is 1. The minimum absolute atomic E-state index is 0.0126. The summed E-state index contributed by atoms with van der Waals surface area (Å²) in [5.74, 6) is -0.0126. The van der Waals surface area contributed by atoms with E-state index in [4.69, 9.17) is 11.6 Å². The van der Waals surface area contributed by atoms with Crippen LogP contribution in [0.25, 0.3) is 0 Å². The first-order chi connectivity index (χ1) is 10.0. The van der Waals surface area contributed by atoms with Crippen LogP contribution in [0.5, 0.6) is 0 Å². The molecule has 0 bridgehead atoms. The van der Waals surface area contributed by atoms with Crippen molar-refractivity contribution in [3.63, 3.8) is 0 Å². The van der Waals surface area contributed by atoms with Crippen LogP contribution >= 0.6 is 27.5 Å². The lowest BCUT2D eigenvalue weighted by Gasteiger charge is -2.14. The molecule has 2 rings (SSSR count). The quantitative estimate of drug-likeness (QED) is 0.836. The second-order valence-electron chi connectivity index (χ2n) is 4.97. The van der Waals surface area contributed by atoms with Crippen LogP contribution < -0.4 is 10.2 Å². The lowest BCUT2D eigenvalue weighted by molar-refractivity contribution is -0.885. The monoisotopic (exact) mass is 367 g/mol. The third-order valence-electron chi connectivity index (χ3n) is 3.01. The number of rotatable bonds is 5. The minimum atomic E-state index is -0.0126. The second-order valence-corrected chi connectivity index (χ2v) is 6.26. The van der Waals surface area contributed by atoms with Crippen molar-refractivity contribution in [3.8, 4) is 0 Å². The van der Waals surface area contributed by atoms with E-state index in [1.807, 2.05) is 55.6 Å². The molecule has 5 heteroatoms. The number of hydrogen-bond donors (Lipinski definition) is 2. The molecular formula is C16H17BrClN2O+. The van der Waals surface area contributed by atoms with Crippen LogP contribution in [0.2, 0.25) is 5.02 Å². The minimum Gasteiger partial charge on any atom is -0.326 e. The summed E-state index contributed by atoms with van der Waals surface area (Å²) in [5.41, 5.74) is 1.91. The zero-order chi connectivity index (χ0) is 15.2. The largest absolute Gasteiger partial charge is 0.326 e. The molecule has 0 radical (unpaired) electrons. The van der Waals surface area contributed by atoms with Gasteiger partial charge in [-0.25, -0.2) is 0 Å². The molecule has 2 aromatic rings. The molecule has 1 unspecified atom stereocenters. The number of carbonyl (C=O) groups excluding carboxylic acids is 1. The van der Waals surface area contributed by atoms with Crippen molar-refractivity contribution < 1.29 is 9.69 Å². The maximum Gasteiger partial charge on any atom is 0.279 e. The van der Waals surface area contributed by atoms with Crippen LogP contribution in [0.15, 0.2) is 53.0 Å². The third kappa shape index (κ3) is 5.16. The first kappa shape index (κ1) is 16.0. The maximum atomic E-state index is 12.1. The molecule has 0 saturated heterocycles. The molecular weight excluding hydrogens is 352 g/mol. The number of para-hydroxylation sites is 1. The van der Waals surface area contributed by atoms with E-state index in [-0.39, 0.29) is 5.91 Å². The number of nitrogens with one attached hydrogen (secondary N) is 2. The van der Waals surface area contributed by atoms with Gasteiger partial charge in [0.1, 0.15) is 6.54 Å². The van der Waals surface area contributed by atoms with Crippen LogP contribution in [-0.2, 0) is 11.3 Å². The molecule has 1 amide bonds. The number of carbonyl (C=O) groups is 1. The van der Waals surface area contributed by atoms with Gasteiger partial charge in [-0.1, -0.05) is 35.9 Å². The third-order valence-corrected chi connectivity index (χ3v) is 3.93. The summed E-state index contributed by atoms with van der Waals surface area (Å²) in [6.07, 6.45) is 0. The molecule has 0 aliphatic heterocycles. The van der Waals surface area contributed by atoms with Gasteiger partial charge in [0.25, 0.3) is 5.91 Å². The van der Waals surface area contributed by atoms with E-state index in [2.05, 4.69) is 21.2 Å². The topological polar surface area (TPSA) is 33.5 Å². The van der Waals surface area contributed by atoms with E-state index >= 15 is 0 Å². The first-order valence-electron chi connectivity index (χ1n) is 6.65. The Morgan fingerprint density at radius 2 is 2.00 bits per heavy atom. The average molecular weight is 369 g/mol. The number of likely N-dealkylation sites (N-methyl/N-ethyl adjacent to an activating group) is 1. The van der Waals surface area contributed by atoms with Crippen molar-refractivity contribution in [1.82, 2.24) is 0 Å². The summed E-state index contributed by atoms with van der Waals surface area (Å²) in [4.78, 5) is 13.2. The highest BCUT2D eigenvalue weighted by atomic mass is 79.9. The Balaban J connectivity index is 1.89. The van der Waals surface area contributed by atoms with Crippen molar-refractivity contribution in [2.24, 2.45) is 0 Å². The predicted molar refractivity (Wildman–Crippen MR) is 89.7 cm³/mol. The molecule has 3 nitrogen and oxygen atoms in total. The van der Waals surface area contributed by atoms with E-state index in [0.717, 1.165) is 32.2 Å².